The molecule has 3 nitrogen and oxygen atoms in total. The van der Waals surface area contributed by atoms with Gasteiger partial charge in [-0.05, 0) is 12.8 Å². The standard InChI is InChI=1S/C6H10NO2/c1-7(5-8)6-3-2-4-9-6/h6H,2-4H2,1H3. The van der Waals surface area contributed by atoms with Gasteiger partial charge in [0.1, 0.15) is 6.23 Å². The normalized spacial score (nSPS) is 26.1. The summed E-state index contributed by atoms with van der Waals surface area (Å²) in [5.74, 6) is 0. The van der Waals surface area contributed by atoms with Crippen LogP contribution in [0.25, 0.3) is 0 Å². The molecule has 51 valence electrons. The fourth-order valence-corrected chi connectivity index (χ4v) is 0.925. The number of amides is 1. The summed E-state index contributed by atoms with van der Waals surface area (Å²) < 4.78 is 5.17. The van der Waals surface area contributed by atoms with Crippen molar-refractivity contribution in [2.24, 2.45) is 0 Å². The van der Waals surface area contributed by atoms with Gasteiger partial charge in [0, 0.05) is 13.7 Å². The van der Waals surface area contributed by atoms with Gasteiger partial charge in [0.05, 0.1) is 0 Å². The number of nitrogens with zero attached hydrogens (tertiary/aromatic N) is 1. The number of hydrogen-bond donors (Lipinski definition) is 0. The van der Waals surface area contributed by atoms with Crippen molar-refractivity contribution in [1.29, 1.82) is 0 Å². The van der Waals surface area contributed by atoms with Crippen molar-refractivity contribution in [3.8, 4) is 0 Å². The van der Waals surface area contributed by atoms with Crippen LogP contribution < -0.4 is 0 Å². The molecule has 1 aliphatic heterocycles. The molecule has 1 heterocycles. The third-order valence-electron chi connectivity index (χ3n) is 1.48. The van der Waals surface area contributed by atoms with E-state index in [2.05, 4.69) is 0 Å². The lowest BCUT2D eigenvalue weighted by molar-refractivity contribution is 0.0312. The summed E-state index contributed by atoms with van der Waals surface area (Å²) >= 11 is 0. The zero-order chi connectivity index (χ0) is 6.69. The molecule has 1 aliphatic rings. The van der Waals surface area contributed by atoms with Gasteiger partial charge >= 0.3 is 6.41 Å². The molecule has 3 heteroatoms. The number of rotatable bonds is 2. The van der Waals surface area contributed by atoms with E-state index in [0.29, 0.717) is 0 Å². The summed E-state index contributed by atoms with van der Waals surface area (Å²) in [5, 5.41) is 0. The molecule has 1 fully saturated rings. The van der Waals surface area contributed by atoms with Crippen molar-refractivity contribution < 1.29 is 9.53 Å². The van der Waals surface area contributed by atoms with Crippen LogP contribution in [0.2, 0.25) is 0 Å². The SMILES string of the molecule is CN([C]=O)C1CCCO1. The van der Waals surface area contributed by atoms with Crippen molar-refractivity contribution in [3.05, 3.63) is 0 Å². The highest BCUT2D eigenvalue weighted by molar-refractivity contribution is 5.47. The van der Waals surface area contributed by atoms with Gasteiger partial charge in [-0.1, -0.05) is 0 Å². The third-order valence-corrected chi connectivity index (χ3v) is 1.48. The van der Waals surface area contributed by atoms with Gasteiger partial charge in [0.15, 0.2) is 0 Å². The smallest absolute Gasteiger partial charge is 0.313 e. The molecule has 1 radical (unpaired) electrons. The quantitative estimate of drug-likeness (QED) is 0.494. The molecule has 0 aromatic heterocycles. The minimum absolute atomic E-state index is 0.0116. The lowest BCUT2D eigenvalue weighted by Crippen LogP contribution is -2.29. The van der Waals surface area contributed by atoms with Gasteiger partial charge in [0.2, 0.25) is 0 Å². The Morgan fingerprint density at radius 1 is 1.78 bits per heavy atom. The Morgan fingerprint density at radius 3 is 3.00 bits per heavy atom. The second-order valence-corrected chi connectivity index (χ2v) is 2.17. The van der Waals surface area contributed by atoms with Crippen LogP contribution in [-0.2, 0) is 9.53 Å². The van der Waals surface area contributed by atoms with Crippen LogP contribution in [0.3, 0.4) is 0 Å². The molecule has 1 saturated heterocycles. The fraction of sp³-hybridized carbons (Fsp3) is 0.833. The van der Waals surface area contributed by atoms with Crippen LogP contribution in [-0.4, -0.2) is 31.2 Å². The van der Waals surface area contributed by atoms with E-state index >= 15 is 0 Å². The van der Waals surface area contributed by atoms with Crippen LogP contribution >= 0.6 is 0 Å². The molecule has 1 amide bonds. The first-order valence-corrected chi connectivity index (χ1v) is 3.07. The van der Waals surface area contributed by atoms with E-state index in [-0.39, 0.29) is 6.23 Å². The molecule has 1 rings (SSSR count). The summed E-state index contributed by atoms with van der Waals surface area (Å²) in [5.41, 5.74) is 0. The van der Waals surface area contributed by atoms with E-state index in [0.717, 1.165) is 19.4 Å². The second kappa shape index (κ2) is 2.82. The molecule has 1 unspecified atom stereocenters. The maximum atomic E-state index is 10.0. The number of carbonyl (C=O) groups excluding carboxylic acids is 1. The van der Waals surface area contributed by atoms with Gasteiger partial charge < -0.3 is 9.64 Å². The summed E-state index contributed by atoms with van der Waals surface area (Å²) in [6.07, 6.45) is 3.76. The zero-order valence-corrected chi connectivity index (χ0v) is 5.46. The minimum atomic E-state index is -0.0116. The average molecular weight is 128 g/mol. The zero-order valence-electron chi connectivity index (χ0n) is 5.46. The van der Waals surface area contributed by atoms with Crippen molar-refractivity contribution in [1.82, 2.24) is 4.90 Å². The van der Waals surface area contributed by atoms with E-state index in [1.165, 1.54) is 4.90 Å². The van der Waals surface area contributed by atoms with Crippen LogP contribution in [0.4, 0.5) is 0 Å². The van der Waals surface area contributed by atoms with Crippen molar-refractivity contribution in [3.63, 3.8) is 0 Å². The molecule has 0 spiro atoms. The van der Waals surface area contributed by atoms with Crippen molar-refractivity contribution in [2.45, 2.75) is 19.1 Å². The Hall–Kier alpha value is -0.570. The minimum Gasteiger partial charge on any atom is -0.358 e. The fourth-order valence-electron chi connectivity index (χ4n) is 0.925. The highest BCUT2D eigenvalue weighted by atomic mass is 16.5. The van der Waals surface area contributed by atoms with Gasteiger partial charge in [-0.3, -0.25) is 4.79 Å². The first kappa shape index (κ1) is 6.55. The largest absolute Gasteiger partial charge is 0.358 e. The van der Waals surface area contributed by atoms with E-state index in [9.17, 15) is 4.79 Å². The van der Waals surface area contributed by atoms with Crippen LogP contribution in [0, 0.1) is 0 Å². The molecule has 0 aromatic rings. The van der Waals surface area contributed by atoms with Crippen LogP contribution in [0.5, 0.6) is 0 Å². The third kappa shape index (κ3) is 1.42. The maximum absolute atomic E-state index is 10.0. The molecular weight excluding hydrogens is 118 g/mol. The maximum Gasteiger partial charge on any atom is 0.313 e. The Morgan fingerprint density at radius 2 is 2.56 bits per heavy atom. The summed E-state index contributed by atoms with van der Waals surface area (Å²) in [4.78, 5) is 11.5. The van der Waals surface area contributed by atoms with Crippen LogP contribution in [0.1, 0.15) is 12.8 Å². The van der Waals surface area contributed by atoms with Gasteiger partial charge in [-0.2, -0.15) is 0 Å². The van der Waals surface area contributed by atoms with E-state index in [4.69, 9.17) is 4.74 Å². The highest BCUT2D eigenvalue weighted by Crippen LogP contribution is 2.12. The molecule has 9 heavy (non-hydrogen) atoms. The first-order valence-electron chi connectivity index (χ1n) is 3.07. The Labute approximate surface area is 54.6 Å². The van der Waals surface area contributed by atoms with Crippen molar-refractivity contribution in [2.75, 3.05) is 13.7 Å². The Bertz CT molecular complexity index is 99.2. The summed E-state index contributed by atoms with van der Waals surface area (Å²) in [7, 11) is 1.68. The summed E-state index contributed by atoms with van der Waals surface area (Å²) in [6.45, 7) is 0.774. The molecule has 0 aliphatic carbocycles. The van der Waals surface area contributed by atoms with Crippen molar-refractivity contribution >= 4 is 6.41 Å². The Balaban J connectivity index is 2.32. The predicted molar refractivity (Wildman–Crippen MR) is 32.4 cm³/mol. The molecule has 0 N–H and O–H groups in total. The molecule has 0 bridgehead atoms. The summed E-state index contributed by atoms with van der Waals surface area (Å²) in [6, 6.07) is 0. The van der Waals surface area contributed by atoms with E-state index in [1.807, 2.05) is 0 Å². The van der Waals surface area contributed by atoms with E-state index in [1.54, 1.807) is 13.5 Å². The van der Waals surface area contributed by atoms with Gasteiger partial charge in [-0.15, -0.1) is 0 Å². The highest BCUT2D eigenvalue weighted by Gasteiger charge is 2.18. The predicted octanol–water partition coefficient (Wildman–Crippen LogP) is 0.122. The topological polar surface area (TPSA) is 29.5 Å². The molecule has 1 atom stereocenters. The number of hydrogen-bond acceptors (Lipinski definition) is 2. The van der Waals surface area contributed by atoms with E-state index < -0.39 is 0 Å². The Kier molecular flexibility index (Phi) is 2.05. The number of ether oxygens (including phenoxy) is 1. The molecular formula is C6H10NO2. The monoisotopic (exact) mass is 128 g/mol. The first-order chi connectivity index (χ1) is 4.34. The average Bonchev–Trinajstić information content (AvgIpc) is 2.37. The second-order valence-electron chi connectivity index (χ2n) is 2.17. The lowest BCUT2D eigenvalue weighted by Gasteiger charge is -2.16. The molecule has 0 saturated carbocycles. The molecule has 0 aromatic carbocycles. The van der Waals surface area contributed by atoms with Gasteiger partial charge in [-0.25, -0.2) is 0 Å². The van der Waals surface area contributed by atoms with Gasteiger partial charge in [0.25, 0.3) is 0 Å². The lowest BCUT2D eigenvalue weighted by atomic mass is 10.3. The van der Waals surface area contributed by atoms with Crippen LogP contribution in [0.15, 0.2) is 0 Å².